The van der Waals surface area contributed by atoms with Crippen LogP contribution in [0.1, 0.15) is 201 Å². The summed E-state index contributed by atoms with van der Waals surface area (Å²) < 4.78 is 5.43. The Hall–Kier alpha value is -0.530. The zero-order chi connectivity index (χ0) is 26.4. The molecule has 0 rings (SSSR count). The molecule has 1 atom stereocenters. The van der Waals surface area contributed by atoms with Crippen molar-refractivity contribution in [3.63, 3.8) is 0 Å². The highest BCUT2D eigenvalue weighted by atomic mass is 16.5. The second kappa shape index (κ2) is 30.7. The molecule has 0 aromatic carbocycles. The maximum absolute atomic E-state index is 11.9. The highest BCUT2D eigenvalue weighted by Gasteiger charge is 2.03. The van der Waals surface area contributed by atoms with E-state index in [1.54, 1.807) is 0 Å². The topological polar surface area (TPSA) is 26.3 Å². The van der Waals surface area contributed by atoms with E-state index in [1.807, 2.05) is 0 Å². The Bertz CT molecular complexity index is 419. The average molecular weight is 509 g/mol. The molecule has 0 bridgehead atoms. The number of hydrogen-bond donors (Lipinski definition) is 0. The number of carbonyl (C=O) groups excluding carboxylic acids is 1. The number of esters is 1. The monoisotopic (exact) mass is 509 g/mol. The minimum atomic E-state index is 0.0258. The summed E-state index contributed by atoms with van der Waals surface area (Å²) in [6.07, 6.45) is 37.1. The third kappa shape index (κ3) is 29.7. The molecule has 216 valence electrons. The molecule has 2 heteroatoms. The van der Waals surface area contributed by atoms with Crippen molar-refractivity contribution in [2.45, 2.75) is 201 Å². The van der Waals surface area contributed by atoms with Crippen LogP contribution in [-0.4, -0.2) is 12.6 Å². The van der Waals surface area contributed by atoms with E-state index >= 15 is 0 Å². The Labute approximate surface area is 228 Å². The summed E-state index contributed by atoms with van der Waals surface area (Å²) in [6.45, 7) is 7.63. The van der Waals surface area contributed by atoms with Gasteiger partial charge in [-0.1, -0.05) is 181 Å². The Morgan fingerprint density at radius 2 is 0.833 bits per heavy atom. The zero-order valence-electron chi connectivity index (χ0n) is 25.4. The van der Waals surface area contributed by atoms with Crippen molar-refractivity contribution in [2.24, 2.45) is 5.92 Å². The molecule has 0 aromatic rings. The zero-order valence-corrected chi connectivity index (χ0v) is 25.4. The smallest absolute Gasteiger partial charge is 0.305 e. The van der Waals surface area contributed by atoms with Crippen molar-refractivity contribution < 1.29 is 9.53 Å². The van der Waals surface area contributed by atoms with Crippen molar-refractivity contribution in [3.8, 4) is 0 Å². The van der Waals surface area contributed by atoms with Gasteiger partial charge in [0.1, 0.15) is 0 Å². The van der Waals surface area contributed by atoms with Gasteiger partial charge in [0.2, 0.25) is 0 Å². The van der Waals surface area contributed by atoms with Crippen LogP contribution in [0.4, 0.5) is 0 Å². The van der Waals surface area contributed by atoms with Crippen LogP contribution in [0.2, 0.25) is 0 Å². The summed E-state index contributed by atoms with van der Waals surface area (Å²) in [6, 6.07) is 0. The van der Waals surface area contributed by atoms with E-state index in [2.05, 4.69) is 20.8 Å². The van der Waals surface area contributed by atoms with Crippen LogP contribution in [0.15, 0.2) is 0 Å². The molecule has 0 aliphatic carbocycles. The number of carbonyl (C=O) groups is 1. The quantitative estimate of drug-likeness (QED) is 0.0712. The van der Waals surface area contributed by atoms with Gasteiger partial charge in [0.25, 0.3) is 0 Å². The molecule has 36 heavy (non-hydrogen) atoms. The number of ether oxygens (including phenoxy) is 1. The predicted octanol–water partition coefficient (Wildman–Crippen LogP) is 12.1. The molecule has 1 unspecified atom stereocenters. The van der Waals surface area contributed by atoms with E-state index in [-0.39, 0.29) is 5.97 Å². The first kappa shape index (κ1) is 35.5. The maximum Gasteiger partial charge on any atom is 0.305 e. The van der Waals surface area contributed by atoms with Crippen LogP contribution in [0.5, 0.6) is 0 Å². The first-order chi connectivity index (χ1) is 17.7. The van der Waals surface area contributed by atoms with E-state index in [0.29, 0.717) is 13.0 Å². The van der Waals surface area contributed by atoms with E-state index < -0.39 is 0 Å². The summed E-state index contributed by atoms with van der Waals surface area (Å²) in [5, 5.41) is 0. The van der Waals surface area contributed by atoms with Gasteiger partial charge < -0.3 is 4.74 Å². The van der Waals surface area contributed by atoms with Crippen molar-refractivity contribution in [3.05, 3.63) is 0 Å². The molecule has 0 fully saturated rings. The van der Waals surface area contributed by atoms with Crippen LogP contribution in [0.25, 0.3) is 0 Å². The van der Waals surface area contributed by atoms with Crippen LogP contribution in [0, 0.1) is 5.92 Å². The molecule has 0 spiro atoms. The third-order valence-corrected chi connectivity index (χ3v) is 7.89. The molecule has 0 amide bonds. The Kier molecular flexibility index (Phi) is 30.2. The molecule has 0 aliphatic heterocycles. The normalized spacial score (nSPS) is 12.2. The lowest BCUT2D eigenvalue weighted by Gasteiger charge is -2.10. The van der Waals surface area contributed by atoms with Gasteiger partial charge in [0.15, 0.2) is 0 Å². The van der Waals surface area contributed by atoms with Gasteiger partial charge in [0.05, 0.1) is 6.61 Å². The summed E-state index contributed by atoms with van der Waals surface area (Å²) in [5.74, 6) is 0.949. The molecule has 0 heterocycles. The highest BCUT2D eigenvalue weighted by molar-refractivity contribution is 5.69. The van der Waals surface area contributed by atoms with E-state index in [1.165, 1.54) is 161 Å². The van der Waals surface area contributed by atoms with E-state index in [0.717, 1.165) is 18.8 Å². The summed E-state index contributed by atoms with van der Waals surface area (Å²) in [7, 11) is 0. The van der Waals surface area contributed by atoms with E-state index in [9.17, 15) is 4.79 Å². The third-order valence-electron chi connectivity index (χ3n) is 7.89. The lowest BCUT2D eigenvalue weighted by Crippen LogP contribution is -2.05. The first-order valence-corrected chi connectivity index (χ1v) is 16.9. The Morgan fingerprint density at radius 1 is 0.472 bits per heavy atom. The largest absolute Gasteiger partial charge is 0.466 e. The second-order valence-electron chi connectivity index (χ2n) is 11.8. The molecule has 0 N–H and O–H groups in total. The lowest BCUT2D eigenvalue weighted by atomic mass is 9.97. The van der Waals surface area contributed by atoms with Crippen molar-refractivity contribution in [1.82, 2.24) is 0 Å². The minimum absolute atomic E-state index is 0.0258. The first-order valence-electron chi connectivity index (χ1n) is 16.9. The van der Waals surface area contributed by atoms with E-state index in [4.69, 9.17) is 4.74 Å². The molecular formula is C34H68O2. The van der Waals surface area contributed by atoms with Crippen LogP contribution in [0.3, 0.4) is 0 Å². The SMILES string of the molecule is CCCCCCCCCCCCCCCCCC(=O)OCCCCCCCCCCC(C)CCCC. The fraction of sp³-hybridized carbons (Fsp3) is 0.971. The van der Waals surface area contributed by atoms with Gasteiger partial charge in [0, 0.05) is 6.42 Å². The Morgan fingerprint density at radius 3 is 1.31 bits per heavy atom. The van der Waals surface area contributed by atoms with Gasteiger partial charge in [-0.15, -0.1) is 0 Å². The number of rotatable bonds is 30. The van der Waals surface area contributed by atoms with Gasteiger partial charge in [-0.05, 0) is 18.8 Å². The minimum Gasteiger partial charge on any atom is -0.466 e. The van der Waals surface area contributed by atoms with Crippen molar-refractivity contribution in [1.29, 1.82) is 0 Å². The van der Waals surface area contributed by atoms with Crippen molar-refractivity contribution in [2.75, 3.05) is 6.61 Å². The fourth-order valence-corrected chi connectivity index (χ4v) is 5.25. The van der Waals surface area contributed by atoms with Crippen molar-refractivity contribution >= 4 is 5.97 Å². The number of hydrogen-bond acceptors (Lipinski definition) is 2. The molecule has 0 saturated carbocycles. The Balaban J connectivity index is 3.18. The fourth-order valence-electron chi connectivity index (χ4n) is 5.25. The standard InChI is InChI=1S/C34H68O2/c1-4-6-8-9-10-11-12-13-14-15-16-17-21-24-27-31-34(35)36-32-28-25-22-19-18-20-23-26-30-33(3)29-7-5-2/h33H,4-32H2,1-3H3. The van der Waals surface area contributed by atoms with Crippen LogP contribution < -0.4 is 0 Å². The lowest BCUT2D eigenvalue weighted by molar-refractivity contribution is -0.143. The molecule has 2 nitrogen and oxygen atoms in total. The molecular weight excluding hydrogens is 440 g/mol. The summed E-state index contributed by atoms with van der Waals surface area (Å²) in [5.41, 5.74) is 0. The molecule has 0 radical (unpaired) electrons. The van der Waals surface area contributed by atoms with Crippen LogP contribution >= 0.6 is 0 Å². The summed E-state index contributed by atoms with van der Waals surface area (Å²) in [4.78, 5) is 11.9. The van der Waals surface area contributed by atoms with Gasteiger partial charge in [-0.3, -0.25) is 4.79 Å². The molecule has 0 saturated heterocycles. The predicted molar refractivity (Wildman–Crippen MR) is 161 cm³/mol. The molecule has 0 aromatic heterocycles. The molecule has 0 aliphatic rings. The van der Waals surface area contributed by atoms with Gasteiger partial charge in [-0.25, -0.2) is 0 Å². The maximum atomic E-state index is 11.9. The summed E-state index contributed by atoms with van der Waals surface area (Å²) >= 11 is 0. The second-order valence-corrected chi connectivity index (χ2v) is 11.8. The van der Waals surface area contributed by atoms with Gasteiger partial charge in [-0.2, -0.15) is 0 Å². The van der Waals surface area contributed by atoms with Gasteiger partial charge >= 0.3 is 5.97 Å². The highest BCUT2D eigenvalue weighted by Crippen LogP contribution is 2.17. The average Bonchev–Trinajstić information content (AvgIpc) is 2.88. The van der Waals surface area contributed by atoms with Crippen LogP contribution in [-0.2, 0) is 9.53 Å². The number of unbranched alkanes of at least 4 members (excludes halogenated alkanes) is 22.